The first-order valence-electron chi connectivity index (χ1n) is 11.2. The minimum absolute atomic E-state index is 0.00193. The molecular weight excluding hydrogens is 436 g/mol. The minimum atomic E-state index is -1.14. The Morgan fingerprint density at radius 1 is 1.34 bits per heavy atom. The van der Waals surface area contributed by atoms with Crippen molar-refractivity contribution in [3.8, 4) is 0 Å². The number of β-lactam (4-membered cyclic amide) rings is 1. The molecule has 4 aliphatic rings. The third-order valence-electron chi connectivity index (χ3n) is 7.15. The molecule has 0 aromatic carbocycles. The van der Waals surface area contributed by atoms with Gasteiger partial charge in [-0.25, -0.2) is 4.79 Å². The van der Waals surface area contributed by atoms with E-state index in [-0.39, 0.29) is 53.2 Å². The number of aliphatic hydroxyl groups excluding tert-OH is 2. The van der Waals surface area contributed by atoms with Gasteiger partial charge in [-0.3, -0.25) is 9.59 Å². The van der Waals surface area contributed by atoms with Crippen LogP contribution >= 0.6 is 11.8 Å². The van der Waals surface area contributed by atoms with Crippen LogP contribution in [0.15, 0.2) is 10.6 Å². The average Bonchev–Trinajstić information content (AvgIpc) is 3.40. The number of nitrogens with zero attached hydrogens (tertiary/aromatic N) is 2. The second-order valence-electron chi connectivity index (χ2n) is 9.42. The molecule has 0 aliphatic carbocycles. The predicted octanol–water partition coefficient (Wildman–Crippen LogP) is -1.09. The molecule has 8 atom stereocenters. The monoisotopic (exact) mass is 468 g/mol. The summed E-state index contributed by atoms with van der Waals surface area (Å²) in [7, 11) is 0. The maximum atomic E-state index is 12.5. The Morgan fingerprint density at radius 3 is 2.66 bits per heavy atom. The fourth-order valence-electron chi connectivity index (χ4n) is 5.44. The van der Waals surface area contributed by atoms with Crippen LogP contribution in [0.25, 0.3) is 0 Å². The number of likely N-dealkylation sites (tertiary alicyclic amines) is 1. The van der Waals surface area contributed by atoms with Crippen LogP contribution in [0.3, 0.4) is 0 Å². The Kier molecular flexibility index (Phi) is 6.56. The van der Waals surface area contributed by atoms with Crippen LogP contribution in [0.1, 0.15) is 33.1 Å². The van der Waals surface area contributed by atoms with E-state index in [1.54, 1.807) is 11.8 Å². The number of hydrogen-bond acceptors (Lipinski definition) is 8. The quantitative estimate of drug-likeness (QED) is 0.293. The lowest BCUT2D eigenvalue weighted by molar-refractivity contribution is -0.163. The lowest BCUT2D eigenvalue weighted by atomic mass is 9.79. The number of aliphatic hydroxyl groups is 2. The van der Waals surface area contributed by atoms with Crippen LogP contribution in [-0.2, 0) is 14.4 Å². The first-order chi connectivity index (χ1) is 15.1. The number of fused-ring (bicyclic) bond motifs is 1. The first kappa shape index (κ1) is 23.5. The predicted molar refractivity (Wildman–Crippen MR) is 117 cm³/mol. The van der Waals surface area contributed by atoms with Crippen molar-refractivity contribution in [2.45, 2.75) is 68.7 Å². The number of amides is 2. The van der Waals surface area contributed by atoms with Gasteiger partial charge in [0, 0.05) is 47.8 Å². The molecule has 0 saturated carbocycles. The molecule has 4 aliphatic heterocycles. The molecule has 32 heavy (non-hydrogen) atoms. The highest BCUT2D eigenvalue weighted by Crippen LogP contribution is 2.51. The van der Waals surface area contributed by atoms with Crippen molar-refractivity contribution in [3.05, 3.63) is 10.6 Å². The smallest absolute Gasteiger partial charge is 0.353 e. The van der Waals surface area contributed by atoms with Crippen LogP contribution in [0.5, 0.6) is 0 Å². The van der Waals surface area contributed by atoms with E-state index >= 15 is 0 Å². The van der Waals surface area contributed by atoms with E-state index < -0.39 is 24.1 Å². The Balaban J connectivity index is 1.38. The molecular formula is C21H32N4O6S. The average molecular weight is 469 g/mol. The Hall–Kier alpha value is -1.66. The summed E-state index contributed by atoms with van der Waals surface area (Å²) in [6, 6.07) is -0.601. The molecule has 0 spiro atoms. The molecule has 3 fully saturated rings. The highest BCUT2D eigenvalue weighted by Gasteiger charge is 2.60. The molecule has 0 radical (unpaired) electrons. The molecule has 2 amide bonds. The van der Waals surface area contributed by atoms with Crippen LogP contribution in [-0.4, -0.2) is 98.1 Å². The molecule has 11 heteroatoms. The summed E-state index contributed by atoms with van der Waals surface area (Å²) in [5.74, 6) is -2.36. The van der Waals surface area contributed by atoms with Gasteiger partial charge in [-0.05, 0) is 19.8 Å². The van der Waals surface area contributed by atoms with Gasteiger partial charge in [0.2, 0.25) is 11.8 Å². The number of hydrogen-bond donors (Lipinski definition) is 5. The molecule has 7 unspecified atom stereocenters. The second kappa shape index (κ2) is 8.94. The van der Waals surface area contributed by atoms with Crippen molar-refractivity contribution >= 4 is 29.5 Å². The topological polar surface area (TPSA) is 156 Å². The summed E-state index contributed by atoms with van der Waals surface area (Å²) in [4.78, 5) is 40.5. The van der Waals surface area contributed by atoms with Crippen molar-refractivity contribution in [1.82, 2.24) is 15.1 Å². The third-order valence-corrected chi connectivity index (χ3v) is 8.67. The standard InChI is InChI=1S/C21H32N4O6S/c1-9-17-16(10(2)26)20(29)25(17)18(21(30)31)19(9)32-12-5-13(23-7-12)14(27)6-15(28)24-4-3-11(22)8-24/h9-14,16-17,23,26-27H,3-8,22H2,1-2H3,(H,30,31)/t9?,10?,11?,12?,13?,14?,16?,17-/m0/s1. The number of nitrogens with one attached hydrogen (secondary N) is 1. The van der Waals surface area contributed by atoms with E-state index in [0.717, 1.165) is 6.42 Å². The van der Waals surface area contributed by atoms with Crippen molar-refractivity contribution < 1.29 is 29.7 Å². The van der Waals surface area contributed by atoms with Gasteiger partial charge in [0.1, 0.15) is 5.70 Å². The molecule has 3 saturated heterocycles. The van der Waals surface area contributed by atoms with Gasteiger partial charge in [0.05, 0.1) is 30.6 Å². The minimum Gasteiger partial charge on any atom is -0.477 e. The molecule has 6 N–H and O–H groups in total. The van der Waals surface area contributed by atoms with Crippen molar-refractivity contribution in [2.24, 2.45) is 17.6 Å². The van der Waals surface area contributed by atoms with Crippen LogP contribution in [0, 0.1) is 11.8 Å². The normalized spacial score (nSPS) is 36.3. The summed E-state index contributed by atoms with van der Waals surface area (Å²) >= 11 is 1.43. The third kappa shape index (κ3) is 4.05. The van der Waals surface area contributed by atoms with E-state index in [2.05, 4.69) is 5.32 Å². The van der Waals surface area contributed by atoms with Gasteiger partial charge in [-0.15, -0.1) is 11.8 Å². The fraction of sp³-hybridized carbons (Fsp3) is 0.762. The van der Waals surface area contributed by atoms with Crippen molar-refractivity contribution in [2.75, 3.05) is 19.6 Å². The Bertz CT molecular complexity index is 835. The van der Waals surface area contributed by atoms with Gasteiger partial charge in [0.25, 0.3) is 0 Å². The zero-order valence-corrected chi connectivity index (χ0v) is 19.1. The Labute approximate surface area is 191 Å². The zero-order chi connectivity index (χ0) is 23.3. The number of carbonyl (C=O) groups excluding carboxylic acids is 2. The number of carbonyl (C=O) groups is 3. The highest BCUT2D eigenvalue weighted by molar-refractivity contribution is 8.03. The number of thioether (sulfide) groups is 1. The van der Waals surface area contributed by atoms with E-state index in [9.17, 15) is 29.7 Å². The number of nitrogens with two attached hydrogens (primary N) is 1. The Morgan fingerprint density at radius 2 is 2.06 bits per heavy atom. The summed E-state index contributed by atoms with van der Waals surface area (Å²) in [6.45, 7) is 5.16. The second-order valence-corrected chi connectivity index (χ2v) is 10.8. The SMILES string of the molecule is CC(O)C1C(=O)N2C(C(=O)O)=C(SC3CNC(C(O)CC(=O)N4CCC(N)C4)C3)C(C)[C@@H]12. The summed E-state index contributed by atoms with van der Waals surface area (Å²) < 4.78 is 0. The number of carboxylic acids is 1. The molecule has 10 nitrogen and oxygen atoms in total. The number of rotatable bonds is 7. The van der Waals surface area contributed by atoms with Crippen molar-refractivity contribution in [3.63, 3.8) is 0 Å². The van der Waals surface area contributed by atoms with Crippen LogP contribution in [0.2, 0.25) is 0 Å². The van der Waals surface area contributed by atoms with Gasteiger partial charge >= 0.3 is 5.97 Å². The summed E-state index contributed by atoms with van der Waals surface area (Å²) in [6.07, 6.45) is -0.277. The first-order valence-corrected chi connectivity index (χ1v) is 12.1. The van der Waals surface area contributed by atoms with E-state index in [1.165, 1.54) is 16.7 Å². The van der Waals surface area contributed by atoms with Gasteiger partial charge in [-0.2, -0.15) is 0 Å². The van der Waals surface area contributed by atoms with Gasteiger partial charge in [0.15, 0.2) is 0 Å². The lowest BCUT2D eigenvalue weighted by Gasteiger charge is -2.46. The molecule has 0 aromatic heterocycles. The number of aliphatic carboxylic acids is 1. The summed E-state index contributed by atoms with van der Waals surface area (Å²) in [5.41, 5.74) is 5.87. The molecule has 0 bridgehead atoms. The summed E-state index contributed by atoms with van der Waals surface area (Å²) in [5, 5.41) is 33.6. The van der Waals surface area contributed by atoms with Crippen LogP contribution < -0.4 is 11.1 Å². The largest absolute Gasteiger partial charge is 0.477 e. The number of carboxylic acid groups (broad SMARTS) is 1. The lowest BCUT2D eigenvalue weighted by Crippen LogP contribution is -2.63. The molecule has 4 rings (SSSR count). The van der Waals surface area contributed by atoms with Crippen molar-refractivity contribution in [1.29, 1.82) is 0 Å². The van der Waals surface area contributed by atoms with E-state index in [1.807, 2.05) is 6.92 Å². The van der Waals surface area contributed by atoms with Gasteiger partial charge < -0.3 is 36.2 Å². The molecule has 0 aromatic rings. The molecule has 4 heterocycles. The fourth-order valence-corrected chi connectivity index (χ4v) is 6.93. The maximum absolute atomic E-state index is 12.5. The highest BCUT2D eigenvalue weighted by atomic mass is 32.2. The molecule has 178 valence electrons. The zero-order valence-electron chi connectivity index (χ0n) is 18.3. The van der Waals surface area contributed by atoms with E-state index in [0.29, 0.717) is 31.0 Å². The van der Waals surface area contributed by atoms with Crippen LogP contribution in [0.4, 0.5) is 0 Å². The van der Waals surface area contributed by atoms with E-state index in [4.69, 9.17) is 5.73 Å². The maximum Gasteiger partial charge on any atom is 0.353 e. The van der Waals surface area contributed by atoms with Gasteiger partial charge in [-0.1, -0.05) is 6.92 Å².